The average Bonchev–Trinajstić information content (AvgIpc) is 2.78. The molecule has 1 amide bonds. The van der Waals surface area contributed by atoms with Crippen molar-refractivity contribution in [3.05, 3.63) is 0 Å². The maximum absolute atomic E-state index is 12.0. The molecule has 1 aliphatic rings. The van der Waals surface area contributed by atoms with Crippen LogP contribution in [0.25, 0.3) is 0 Å². The standard InChI is InChI=1S/C12H24N2OS/c1-16-9-5-4-8-14-11(15)12(10-13)6-2-3-7-12/h2-10,13H2,1H3,(H,14,15). The normalized spacial score (nSPS) is 18.6. The van der Waals surface area contributed by atoms with Gasteiger partial charge in [-0.3, -0.25) is 4.79 Å². The Labute approximate surface area is 103 Å². The van der Waals surface area contributed by atoms with Gasteiger partial charge in [-0.25, -0.2) is 0 Å². The second-order valence-electron chi connectivity index (χ2n) is 4.65. The molecule has 94 valence electrons. The molecule has 0 atom stereocenters. The van der Waals surface area contributed by atoms with Crippen LogP contribution in [0.4, 0.5) is 0 Å². The van der Waals surface area contributed by atoms with Crippen LogP contribution >= 0.6 is 11.8 Å². The van der Waals surface area contributed by atoms with Gasteiger partial charge in [-0.2, -0.15) is 11.8 Å². The number of hydrogen-bond acceptors (Lipinski definition) is 3. The highest BCUT2D eigenvalue weighted by Crippen LogP contribution is 2.37. The van der Waals surface area contributed by atoms with Crippen LogP contribution in [-0.2, 0) is 4.79 Å². The first-order valence-electron chi connectivity index (χ1n) is 6.22. The van der Waals surface area contributed by atoms with Crippen molar-refractivity contribution in [1.82, 2.24) is 5.32 Å². The van der Waals surface area contributed by atoms with Gasteiger partial charge in [0.05, 0.1) is 5.41 Å². The highest BCUT2D eigenvalue weighted by Gasteiger charge is 2.39. The molecule has 3 N–H and O–H groups in total. The minimum Gasteiger partial charge on any atom is -0.356 e. The summed E-state index contributed by atoms with van der Waals surface area (Å²) in [6, 6.07) is 0. The van der Waals surface area contributed by atoms with Gasteiger partial charge in [0.15, 0.2) is 0 Å². The third-order valence-corrected chi connectivity index (χ3v) is 4.19. The van der Waals surface area contributed by atoms with Gasteiger partial charge in [0.25, 0.3) is 0 Å². The van der Waals surface area contributed by atoms with E-state index in [0.29, 0.717) is 6.54 Å². The quantitative estimate of drug-likeness (QED) is 0.671. The summed E-state index contributed by atoms with van der Waals surface area (Å²) in [5.74, 6) is 1.37. The Morgan fingerprint density at radius 2 is 2.06 bits per heavy atom. The van der Waals surface area contributed by atoms with E-state index in [1.54, 1.807) is 0 Å². The van der Waals surface area contributed by atoms with Gasteiger partial charge in [-0.15, -0.1) is 0 Å². The molecule has 16 heavy (non-hydrogen) atoms. The largest absolute Gasteiger partial charge is 0.356 e. The van der Waals surface area contributed by atoms with Crippen molar-refractivity contribution >= 4 is 17.7 Å². The van der Waals surface area contributed by atoms with E-state index in [1.165, 1.54) is 12.2 Å². The molecule has 0 heterocycles. The van der Waals surface area contributed by atoms with Crippen LogP contribution in [0.15, 0.2) is 0 Å². The molecule has 1 fully saturated rings. The van der Waals surface area contributed by atoms with E-state index in [1.807, 2.05) is 11.8 Å². The summed E-state index contributed by atoms with van der Waals surface area (Å²) in [7, 11) is 0. The van der Waals surface area contributed by atoms with Gasteiger partial charge >= 0.3 is 0 Å². The maximum atomic E-state index is 12.0. The zero-order valence-corrected chi connectivity index (χ0v) is 11.1. The summed E-state index contributed by atoms with van der Waals surface area (Å²) >= 11 is 1.86. The number of nitrogens with two attached hydrogens (primary N) is 1. The number of unbranched alkanes of at least 4 members (excludes halogenated alkanes) is 1. The summed E-state index contributed by atoms with van der Waals surface area (Å²) in [5, 5.41) is 3.05. The molecule has 0 unspecified atom stereocenters. The number of carbonyl (C=O) groups excluding carboxylic acids is 1. The van der Waals surface area contributed by atoms with E-state index < -0.39 is 0 Å². The van der Waals surface area contributed by atoms with E-state index in [4.69, 9.17) is 5.73 Å². The maximum Gasteiger partial charge on any atom is 0.227 e. The molecule has 0 aromatic heterocycles. The fraction of sp³-hybridized carbons (Fsp3) is 0.917. The Kier molecular flexibility index (Phi) is 6.21. The Morgan fingerprint density at radius 1 is 1.38 bits per heavy atom. The SMILES string of the molecule is CSCCCCNC(=O)C1(CN)CCCC1. The minimum atomic E-state index is -0.237. The fourth-order valence-electron chi connectivity index (χ4n) is 2.34. The lowest BCUT2D eigenvalue weighted by Gasteiger charge is -2.25. The summed E-state index contributed by atoms with van der Waals surface area (Å²) in [6.07, 6.45) is 8.61. The van der Waals surface area contributed by atoms with Crippen LogP contribution in [0.3, 0.4) is 0 Å². The third kappa shape index (κ3) is 3.67. The smallest absolute Gasteiger partial charge is 0.227 e. The van der Waals surface area contributed by atoms with E-state index in [9.17, 15) is 4.79 Å². The monoisotopic (exact) mass is 244 g/mol. The molecule has 0 radical (unpaired) electrons. The third-order valence-electron chi connectivity index (χ3n) is 3.49. The van der Waals surface area contributed by atoms with Gasteiger partial charge in [0.1, 0.15) is 0 Å². The zero-order chi connectivity index (χ0) is 11.9. The Balaban J connectivity index is 2.22. The van der Waals surface area contributed by atoms with Crippen LogP contribution in [0, 0.1) is 5.41 Å². The van der Waals surface area contributed by atoms with Crippen molar-refractivity contribution in [3.63, 3.8) is 0 Å². The Morgan fingerprint density at radius 3 is 2.62 bits per heavy atom. The van der Waals surface area contributed by atoms with Gasteiger partial charge in [-0.1, -0.05) is 12.8 Å². The molecule has 4 heteroatoms. The highest BCUT2D eigenvalue weighted by atomic mass is 32.2. The molecule has 0 spiro atoms. The van der Waals surface area contributed by atoms with Crippen molar-refractivity contribution in [2.45, 2.75) is 38.5 Å². The molecule has 0 bridgehead atoms. The summed E-state index contributed by atoms with van der Waals surface area (Å²) in [4.78, 5) is 12.0. The number of amides is 1. The van der Waals surface area contributed by atoms with Gasteiger partial charge < -0.3 is 11.1 Å². The molecule has 1 aliphatic carbocycles. The zero-order valence-electron chi connectivity index (χ0n) is 10.3. The lowest BCUT2D eigenvalue weighted by Crippen LogP contribution is -2.44. The first kappa shape index (κ1) is 13.8. The van der Waals surface area contributed by atoms with E-state index >= 15 is 0 Å². The molecular formula is C12H24N2OS. The fourth-order valence-corrected chi connectivity index (χ4v) is 2.83. The van der Waals surface area contributed by atoms with Crippen LogP contribution < -0.4 is 11.1 Å². The highest BCUT2D eigenvalue weighted by molar-refractivity contribution is 7.98. The van der Waals surface area contributed by atoms with Crippen LogP contribution in [-0.4, -0.2) is 31.0 Å². The van der Waals surface area contributed by atoms with Gasteiger partial charge in [-0.05, 0) is 37.7 Å². The number of carbonyl (C=O) groups is 1. The first-order valence-corrected chi connectivity index (χ1v) is 7.62. The van der Waals surface area contributed by atoms with Crippen LogP contribution in [0.2, 0.25) is 0 Å². The van der Waals surface area contributed by atoms with Crippen molar-refractivity contribution in [3.8, 4) is 0 Å². The predicted molar refractivity (Wildman–Crippen MR) is 70.6 cm³/mol. The second-order valence-corrected chi connectivity index (χ2v) is 5.63. The lowest BCUT2D eigenvalue weighted by atomic mass is 9.85. The van der Waals surface area contributed by atoms with Crippen molar-refractivity contribution in [1.29, 1.82) is 0 Å². The lowest BCUT2D eigenvalue weighted by molar-refractivity contribution is -0.130. The van der Waals surface area contributed by atoms with Crippen LogP contribution in [0.1, 0.15) is 38.5 Å². The molecule has 3 nitrogen and oxygen atoms in total. The summed E-state index contributed by atoms with van der Waals surface area (Å²) in [6.45, 7) is 1.31. The van der Waals surface area contributed by atoms with Crippen molar-refractivity contribution in [2.24, 2.45) is 11.1 Å². The summed E-state index contributed by atoms with van der Waals surface area (Å²) in [5.41, 5.74) is 5.52. The van der Waals surface area contributed by atoms with Crippen molar-refractivity contribution < 1.29 is 4.79 Å². The van der Waals surface area contributed by atoms with E-state index in [2.05, 4.69) is 11.6 Å². The Hall–Kier alpha value is -0.220. The van der Waals surface area contributed by atoms with Gasteiger partial charge in [0.2, 0.25) is 5.91 Å². The van der Waals surface area contributed by atoms with Crippen LogP contribution in [0.5, 0.6) is 0 Å². The molecule has 0 aliphatic heterocycles. The second kappa shape index (κ2) is 7.17. The topological polar surface area (TPSA) is 55.1 Å². The number of rotatable bonds is 7. The first-order chi connectivity index (χ1) is 7.75. The van der Waals surface area contributed by atoms with Gasteiger partial charge in [0, 0.05) is 13.1 Å². The number of thioether (sulfide) groups is 1. The molecular weight excluding hydrogens is 220 g/mol. The van der Waals surface area contributed by atoms with Crippen molar-refractivity contribution in [2.75, 3.05) is 25.1 Å². The van der Waals surface area contributed by atoms with E-state index in [-0.39, 0.29) is 11.3 Å². The average molecular weight is 244 g/mol. The van der Waals surface area contributed by atoms with E-state index in [0.717, 1.165) is 38.6 Å². The molecule has 1 saturated carbocycles. The molecule has 0 aromatic rings. The molecule has 0 saturated heterocycles. The number of nitrogens with one attached hydrogen (secondary N) is 1. The minimum absolute atomic E-state index is 0.191. The summed E-state index contributed by atoms with van der Waals surface area (Å²) < 4.78 is 0. The molecule has 1 rings (SSSR count). The number of hydrogen-bond donors (Lipinski definition) is 2. The predicted octanol–water partition coefficient (Wildman–Crippen LogP) is 1.76. The Bertz CT molecular complexity index is 215. The molecule has 0 aromatic carbocycles.